The zero-order chi connectivity index (χ0) is 14.7. The Bertz CT molecular complexity index is 641. The van der Waals surface area contributed by atoms with Crippen molar-refractivity contribution in [2.45, 2.75) is 6.42 Å². The van der Waals surface area contributed by atoms with Crippen LogP contribution in [0.5, 0.6) is 0 Å². The number of carbonyl (C=O) groups excluding carboxylic acids is 2. The summed E-state index contributed by atoms with van der Waals surface area (Å²) < 4.78 is 36.2. The molecule has 0 aliphatic heterocycles. The maximum absolute atomic E-state index is 13.4. The van der Waals surface area contributed by atoms with Gasteiger partial charge in [-0.15, -0.1) is 0 Å². The molecule has 0 unspecified atom stereocenters. The Balaban J connectivity index is 2.20. The zero-order valence-corrected chi connectivity index (χ0v) is 10.5. The first kappa shape index (κ1) is 13.9. The Morgan fingerprint density at radius 3 is 2.30 bits per heavy atom. The minimum Gasteiger partial charge on any atom is -0.463 e. The summed E-state index contributed by atoms with van der Waals surface area (Å²) in [6, 6.07) is 5.85. The Morgan fingerprint density at radius 1 is 1.10 bits per heavy atom. The third kappa shape index (κ3) is 2.74. The number of halogens is 2. The standard InChI is InChI=1S/C14H10F2O4/c1-19-14(18)13-6-5-12(20-13)11(17)7-8-9(15)3-2-4-10(8)16/h2-6H,7H2,1H3. The number of hydrogen-bond acceptors (Lipinski definition) is 4. The summed E-state index contributed by atoms with van der Waals surface area (Å²) in [7, 11) is 1.17. The second kappa shape index (κ2) is 5.64. The van der Waals surface area contributed by atoms with Gasteiger partial charge in [0.05, 0.1) is 7.11 Å². The van der Waals surface area contributed by atoms with Crippen molar-refractivity contribution in [3.05, 3.63) is 59.1 Å². The first-order valence-electron chi connectivity index (χ1n) is 5.67. The molecule has 2 aromatic rings. The number of rotatable bonds is 4. The van der Waals surface area contributed by atoms with Crippen LogP contribution in [0.15, 0.2) is 34.7 Å². The minimum absolute atomic E-state index is 0.148. The number of furan rings is 1. The zero-order valence-electron chi connectivity index (χ0n) is 10.5. The van der Waals surface area contributed by atoms with Crippen molar-refractivity contribution in [2.24, 2.45) is 0 Å². The van der Waals surface area contributed by atoms with Crippen molar-refractivity contribution >= 4 is 11.8 Å². The van der Waals surface area contributed by atoms with Gasteiger partial charge in [-0.3, -0.25) is 4.79 Å². The summed E-state index contributed by atoms with van der Waals surface area (Å²) in [6.45, 7) is 0. The van der Waals surface area contributed by atoms with Crippen LogP contribution in [0.4, 0.5) is 8.78 Å². The highest BCUT2D eigenvalue weighted by Crippen LogP contribution is 2.17. The monoisotopic (exact) mass is 280 g/mol. The number of ketones is 1. The Hall–Kier alpha value is -2.50. The average molecular weight is 280 g/mol. The second-order valence-electron chi connectivity index (χ2n) is 3.96. The molecule has 0 saturated carbocycles. The van der Waals surface area contributed by atoms with Crippen LogP contribution >= 0.6 is 0 Å². The molecule has 0 amide bonds. The molecule has 0 bridgehead atoms. The first-order chi connectivity index (χ1) is 9.52. The molecule has 0 saturated heterocycles. The van der Waals surface area contributed by atoms with Crippen molar-refractivity contribution in [2.75, 3.05) is 7.11 Å². The van der Waals surface area contributed by atoms with Gasteiger partial charge in [-0.05, 0) is 24.3 Å². The lowest BCUT2D eigenvalue weighted by atomic mass is 10.1. The number of carbonyl (C=O) groups is 2. The van der Waals surface area contributed by atoms with E-state index in [0.29, 0.717) is 0 Å². The highest BCUT2D eigenvalue weighted by atomic mass is 19.1. The van der Waals surface area contributed by atoms with Gasteiger partial charge in [-0.25, -0.2) is 13.6 Å². The summed E-state index contributed by atoms with van der Waals surface area (Å²) >= 11 is 0. The molecule has 1 heterocycles. The van der Waals surface area contributed by atoms with Crippen LogP contribution in [-0.4, -0.2) is 18.9 Å². The number of Topliss-reactive ketones (excluding diaryl/α,β-unsaturated/α-hetero) is 1. The van der Waals surface area contributed by atoms with Gasteiger partial charge >= 0.3 is 5.97 Å². The van der Waals surface area contributed by atoms with Gasteiger partial charge in [-0.1, -0.05) is 6.07 Å². The molecule has 4 nitrogen and oxygen atoms in total. The van der Waals surface area contributed by atoms with Gasteiger partial charge in [0.25, 0.3) is 0 Å². The molecule has 0 atom stereocenters. The highest BCUT2D eigenvalue weighted by Gasteiger charge is 2.19. The lowest BCUT2D eigenvalue weighted by Gasteiger charge is -2.02. The van der Waals surface area contributed by atoms with Crippen molar-refractivity contribution in [1.82, 2.24) is 0 Å². The Kier molecular flexibility index (Phi) is 3.93. The maximum Gasteiger partial charge on any atom is 0.373 e. The predicted octanol–water partition coefficient (Wildman–Crippen LogP) is 2.77. The minimum atomic E-state index is -0.807. The molecule has 0 fully saturated rings. The van der Waals surface area contributed by atoms with Crippen molar-refractivity contribution < 1.29 is 27.5 Å². The van der Waals surface area contributed by atoms with Gasteiger partial charge in [0.15, 0.2) is 5.76 Å². The molecule has 2 rings (SSSR count). The molecule has 0 spiro atoms. The number of benzene rings is 1. The molecule has 0 aliphatic rings. The fraction of sp³-hybridized carbons (Fsp3) is 0.143. The van der Waals surface area contributed by atoms with Gasteiger partial charge in [-0.2, -0.15) is 0 Å². The molecule has 1 aromatic carbocycles. The summed E-state index contributed by atoms with van der Waals surface area (Å²) in [5.41, 5.74) is -0.339. The normalized spacial score (nSPS) is 10.3. The highest BCUT2D eigenvalue weighted by molar-refractivity contribution is 5.96. The topological polar surface area (TPSA) is 56.5 Å². The van der Waals surface area contributed by atoms with Crippen molar-refractivity contribution in [3.8, 4) is 0 Å². The third-order valence-electron chi connectivity index (χ3n) is 2.67. The van der Waals surface area contributed by atoms with E-state index in [-0.39, 0.29) is 17.1 Å². The summed E-state index contributed by atoms with van der Waals surface area (Å²) in [5, 5.41) is 0. The Morgan fingerprint density at radius 2 is 1.70 bits per heavy atom. The summed E-state index contributed by atoms with van der Waals surface area (Å²) in [5.74, 6) is -3.29. The van der Waals surface area contributed by atoms with E-state index in [1.165, 1.54) is 25.3 Å². The predicted molar refractivity (Wildman–Crippen MR) is 64.4 cm³/mol. The van der Waals surface area contributed by atoms with Crippen molar-refractivity contribution in [3.63, 3.8) is 0 Å². The van der Waals surface area contributed by atoms with Gasteiger partial charge in [0.2, 0.25) is 11.5 Å². The number of ether oxygens (including phenoxy) is 1. The number of esters is 1. The Labute approximate surface area is 113 Å². The molecular formula is C14H10F2O4. The molecular weight excluding hydrogens is 270 g/mol. The fourth-order valence-electron chi connectivity index (χ4n) is 1.65. The average Bonchev–Trinajstić information content (AvgIpc) is 2.92. The van der Waals surface area contributed by atoms with E-state index in [4.69, 9.17) is 4.42 Å². The molecule has 0 N–H and O–H groups in total. The van der Waals surface area contributed by atoms with Crippen LogP contribution in [0.25, 0.3) is 0 Å². The van der Waals surface area contributed by atoms with Crippen LogP contribution in [-0.2, 0) is 11.2 Å². The molecule has 104 valence electrons. The van der Waals surface area contributed by atoms with Crippen LogP contribution in [0.3, 0.4) is 0 Å². The van der Waals surface area contributed by atoms with Gasteiger partial charge in [0, 0.05) is 12.0 Å². The van der Waals surface area contributed by atoms with Crippen LogP contribution in [0, 0.1) is 11.6 Å². The SMILES string of the molecule is COC(=O)c1ccc(C(=O)Cc2c(F)cccc2F)o1. The fourth-order valence-corrected chi connectivity index (χ4v) is 1.65. The van der Waals surface area contributed by atoms with E-state index in [9.17, 15) is 18.4 Å². The number of methoxy groups -OCH3 is 1. The molecule has 0 aliphatic carbocycles. The van der Waals surface area contributed by atoms with E-state index in [1.54, 1.807) is 0 Å². The number of hydrogen-bond donors (Lipinski definition) is 0. The second-order valence-corrected chi connectivity index (χ2v) is 3.96. The van der Waals surface area contributed by atoms with Crippen LogP contribution in [0.1, 0.15) is 26.7 Å². The summed E-state index contributed by atoms with van der Waals surface area (Å²) in [4.78, 5) is 23.0. The first-order valence-corrected chi connectivity index (χ1v) is 5.67. The van der Waals surface area contributed by atoms with Gasteiger partial charge < -0.3 is 9.15 Å². The van der Waals surface area contributed by atoms with Crippen LogP contribution < -0.4 is 0 Å². The van der Waals surface area contributed by atoms with E-state index >= 15 is 0 Å². The van der Waals surface area contributed by atoms with E-state index in [2.05, 4.69) is 4.74 Å². The largest absolute Gasteiger partial charge is 0.463 e. The van der Waals surface area contributed by atoms with Crippen LogP contribution in [0.2, 0.25) is 0 Å². The summed E-state index contributed by atoms with van der Waals surface area (Å²) in [6.07, 6.45) is -0.493. The van der Waals surface area contributed by atoms with E-state index in [1.807, 2.05) is 0 Å². The molecule has 20 heavy (non-hydrogen) atoms. The molecule has 0 radical (unpaired) electrons. The van der Waals surface area contributed by atoms with E-state index in [0.717, 1.165) is 12.1 Å². The molecule has 6 heteroatoms. The lowest BCUT2D eigenvalue weighted by Crippen LogP contribution is -2.06. The molecule has 1 aromatic heterocycles. The van der Waals surface area contributed by atoms with Crippen molar-refractivity contribution in [1.29, 1.82) is 0 Å². The quantitative estimate of drug-likeness (QED) is 0.638. The van der Waals surface area contributed by atoms with Gasteiger partial charge in [0.1, 0.15) is 11.6 Å². The maximum atomic E-state index is 13.4. The third-order valence-corrected chi connectivity index (χ3v) is 2.67. The van der Waals surface area contributed by atoms with E-state index < -0.39 is 29.8 Å². The lowest BCUT2D eigenvalue weighted by molar-refractivity contribution is 0.0563. The smallest absolute Gasteiger partial charge is 0.373 e.